The fraction of sp³-hybridized carbons (Fsp3) is 0.833. The Morgan fingerprint density at radius 2 is 1.31 bits per heavy atom. The number of hydrogen-bond donors (Lipinski definition) is 1. The van der Waals surface area contributed by atoms with Gasteiger partial charge >= 0.3 is 29.6 Å². The average Bonchev–Trinajstić information content (AvgIpc) is 2.64. The average molecular weight is 418 g/mol. The van der Waals surface area contributed by atoms with Gasteiger partial charge in [0, 0.05) is 6.42 Å². The molecular formula is C24H44NNaO3. The monoisotopic (exact) mass is 417 g/mol. The van der Waals surface area contributed by atoms with Crippen molar-refractivity contribution in [1.82, 2.24) is 5.32 Å². The minimum absolute atomic E-state index is 0. The molecule has 0 aliphatic carbocycles. The summed E-state index contributed by atoms with van der Waals surface area (Å²) in [5, 5.41) is 13.6. The third-order valence-electron chi connectivity index (χ3n) is 4.99. The van der Waals surface area contributed by atoms with Gasteiger partial charge in [0.15, 0.2) is 0 Å². The van der Waals surface area contributed by atoms with Gasteiger partial charge in [0.25, 0.3) is 0 Å². The zero-order chi connectivity index (χ0) is 21.0. The predicted octanol–water partition coefficient (Wildman–Crippen LogP) is 2.31. The van der Waals surface area contributed by atoms with Crippen LogP contribution in [0, 0.1) is 5.92 Å². The van der Waals surface area contributed by atoms with Gasteiger partial charge < -0.3 is 15.2 Å². The topological polar surface area (TPSA) is 69.2 Å². The number of amides is 1. The van der Waals surface area contributed by atoms with Gasteiger partial charge in [-0.05, 0) is 44.4 Å². The van der Waals surface area contributed by atoms with E-state index in [9.17, 15) is 14.7 Å². The van der Waals surface area contributed by atoms with E-state index in [0.717, 1.165) is 25.7 Å². The molecule has 5 heteroatoms. The van der Waals surface area contributed by atoms with Gasteiger partial charge in [0.1, 0.15) is 0 Å². The Morgan fingerprint density at radius 1 is 0.828 bits per heavy atom. The number of nitrogens with one attached hydrogen (secondary N) is 1. The first-order chi connectivity index (χ1) is 13.5. The van der Waals surface area contributed by atoms with Crippen LogP contribution in [0.1, 0.15) is 117 Å². The molecule has 0 heterocycles. The van der Waals surface area contributed by atoms with Gasteiger partial charge in [-0.15, -0.1) is 0 Å². The van der Waals surface area contributed by atoms with Crippen LogP contribution in [-0.4, -0.2) is 17.9 Å². The molecule has 0 aromatic heterocycles. The summed E-state index contributed by atoms with van der Waals surface area (Å²) >= 11 is 0. The number of carbonyl (C=O) groups excluding carboxylic acids is 2. The summed E-state index contributed by atoms with van der Waals surface area (Å²) < 4.78 is 0. The number of unbranched alkanes of at least 4 members (excludes halogenated alkanes) is 11. The van der Waals surface area contributed by atoms with Crippen molar-refractivity contribution in [3.05, 3.63) is 12.2 Å². The molecule has 0 saturated heterocycles. The number of allylic oxidation sites excluding steroid dienone is 2. The molecule has 29 heavy (non-hydrogen) atoms. The van der Waals surface area contributed by atoms with Crippen LogP contribution in [0.5, 0.6) is 0 Å². The zero-order valence-electron chi connectivity index (χ0n) is 19.6. The summed E-state index contributed by atoms with van der Waals surface area (Å²) in [6, 6.07) is -0.865. The Balaban J connectivity index is 0. The molecule has 0 aromatic carbocycles. The van der Waals surface area contributed by atoms with E-state index in [0.29, 0.717) is 12.8 Å². The maximum Gasteiger partial charge on any atom is 1.00 e. The van der Waals surface area contributed by atoms with Gasteiger partial charge in [0.05, 0.1) is 12.0 Å². The Labute approximate surface area is 202 Å². The molecule has 0 aliphatic rings. The molecule has 1 N–H and O–H groups in total. The number of carbonyl (C=O) groups is 2. The fourth-order valence-corrected chi connectivity index (χ4v) is 3.31. The smallest absolute Gasteiger partial charge is 0.548 e. The maximum atomic E-state index is 11.9. The molecule has 0 unspecified atom stereocenters. The van der Waals surface area contributed by atoms with Gasteiger partial charge in [-0.2, -0.15) is 0 Å². The van der Waals surface area contributed by atoms with Crippen molar-refractivity contribution in [3.8, 4) is 0 Å². The van der Waals surface area contributed by atoms with Crippen LogP contribution in [0.4, 0.5) is 0 Å². The number of carboxylic acids is 1. The second-order valence-corrected chi connectivity index (χ2v) is 8.40. The van der Waals surface area contributed by atoms with E-state index in [4.69, 9.17) is 0 Å². The van der Waals surface area contributed by atoms with E-state index < -0.39 is 12.0 Å². The third-order valence-corrected chi connectivity index (χ3v) is 4.99. The minimum atomic E-state index is -1.19. The summed E-state index contributed by atoms with van der Waals surface area (Å²) in [7, 11) is 0. The Kier molecular flexibility index (Phi) is 23.8. The van der Waals surface area contributed by atoms with E-state index in [1.807, 2.05) is 13.8 Å². The largest absolute Gasteiger partial charge is 1.00 e. The van der Waals surface area contributed by atoms with Gasteiger partial charge in [-0.3, -0.25) is 4.79 Å². The molecular weight excluding hydrogens is 373 g/mol. The molecule has 0 spiro atoms. The van der Waals surface area contributed by atoms with Crippen LogP contribution in [0.15, 0.2) is 12.2 Å². The molecule has 4 nitrogen and oxygen atoms in total. The Morgan fingerprint density at radius 3 is 1.79 bits per heavy atom. The molecule has 1 atom stereocenters. The van der Waals surface area contributed by atoms with E-state index in [2.05, 4.69) is 24.4 Å². The van der Waals surface area contributed by atoms with Crippen molar-refractivity contribution >= 4 is 11.9 Å². The summed E-state index contributed by atoms with van der Waals surface area (Å²) in [6.07, 6.45) is 21.3. The number of hydrogen-bond acceptors (Lipinski definition) is 3. The van der Waals surface area contributed by atoms with Crippen molar-refractivity contribution in [2.24, 2.45) is 5.92 Å². The van der Waals surface area contributed by atoms with Crippen LogP contribution in [-0.2, 0) is 9.59 Å². The molecule has 0 fully saturated rings. The second kappa shape index (κ2) is 22.4. The Hall–Kier alpha value is -0.320. The summed E-state index contributed by atoms with van der Waals surface area (Å²) in [5.41, 5.74) is 0. The molecule has 0 aliphatic heterocycles. The maximum absolute atomic E-state index is 11.9. The summed E-state index contributed by atoms with van der Waals surface area (Å²) in [5.74, 6) is -1.15. The second-order valence-electron chi connectivity index (χ2n) is 8.40. The van der Waals surface area contributed by atoms with Crippen molar-refractivity contribution < 1.29 is 44.3 Å². The zero-order valence-corrected chi connectivity index (χ0v) is 21.6. The number of aliphatic carboxylic acids is 1. The Bertz CT molecular complexity index is 424. The van der Waals surface area contributed by atoms with Crippen LogP contribution in [0.2, 0.25) is 0 Å². The predicted molar refractivity (Wildman–Crippen MR) is 116 cm³/mol. The van der Waals surface area contributed by atoms with Crippen LogP contribution < -0.4 is 40.0 Å². The summed E-state index contributed by atoms with van der Waals surface area (Å²) in [4.78, 5) is 22.9. The molecule has 1 amide bonds. The van der Waals surface area contributed by atoms with E-state index in [1.54, 1.807) is 0 Å². The van der Waals surface area contributed by atoms with Gasteiger partial charge in [-0.1, -0.05) is 84.3 Å². The SMILES string of the molecule is CCCCCCCC/C=C\CCCCCCCC(=O)N[C@@H](CC(C)C)C(=O)[O-].[Na+]. The fourth-order valence-electron chi connectivity index (χ4n) is 3.31. The van der Waals surface area contributed by atoms with Crippen LogP contribution in [0.25, 0.3) is 0 Å². The number of carboxylic acid groups (broad SMARTS) is 1. The molecule has 0 saturated carbocycles. The molecule has 0 aromatic rings. The standard InChI is InChI=1S/C24H45NO3.Na/c1-4-5-6-7-8-9-10-11-12-13-14-15-16-17-18-19-23(26)25-22(24(27)28)20-21(2)3;/h11-12,21-22H,4-10,13-20H2,1-3H3,(H,25,26)(H,27,28);/q;+1/p-1/b12-11-;/t22-;/m0./s1. The number of rotatable bonds is 19. The van der Waals surface area contributed by atoms with Crippen molar-refractivity contribution in [3.63, 3.8) is 0 Å². The van der Waals surface area contributed by atoms with Crippen LogP contribution in [0.3, 0.4) is 0 Å². The van der Waals surface area contributed by atoms with E-state index >= 15 is 0 Å². The first kappa shape index (κ1) is 30.9. The van der Waals surface area contributed by atoms with Crippen molar-refractivity contribution in [2.75, 3.05) is 0 Å². The quantitative estimate of drug-likeness (QED) is 0.199. The van der Waals surface area contributed by atoms with Gasteiger partial charge in [0.2, 0.25) is 5.91 Å². The molecule has 0 rings (SSSR count). The van der Waals surface area contributed by atoms with Crippen molar-refractivity contribution in [2.45, 2.75) is 123 Å². The van der Waals surface area contributed by atoms with Crippen LogP contribution >= 0.6 is 0 Å². The van der Waals surface area contributed by atoms with E-state index in [1.165, 1.54) is 57.8 Å². The molecule has 0 bridgehead atoms. The molecule has 164 valence electrons. The van der Waals surface area contributed by atoms with Crippen molar-refractivity contribution in [1.29, 1.82) is 0 Å². The van der Waals surface area contributed by atoms with Gasteiger partial charge in [-0.25, -0.2) is 0 Å². The minimum Gasteiger partial charge on any atom is -0.548 e. The first-order valence-electron chi connectivity index (χ1n) is 11.6. The van der Waals surface area contributed by atoms with E-state index in [-0.39, 0.29) is 41.4 Å². The third kappa shape index (κ3) is 22.2. The first-order valence-corrected chi connectivity index (χ1v) is 11.6. The normalized spacial score (nSPS) is 12.1. The molecule has 0 radical (unpaired) electrons. The summed E-state index contributed by atoms with van der Waals surface area (Å²) in [6.45, 7) is 6.13.